The summed E-state index contributed by atoms with van der Waals surface area (Å²) in [5, 5.41) is 22.0. The second-order valence-electron chi connectivity index (χ2n) is 4.85. The van der Waals surface area contributed by atoms with Crippen molar-refractivity contribution in [1.29, 1.82) is 0 Å². The van der Waals surface area contributed by atoms with Crippen LogP contribution in [0, 0.1) is 0 Å². The molecule has 21 heavy (non-hydrogen) atoms. The minimum atomic E-state index is -0.978. The van der Waals surface area contributed by atoms with E-state index in [9.17, 15) is 9.59 Å². The Hall–Kier alpha value is -1.67. The van der Waals surface area contributed by atoms with Gasteiger partial charge in [-0.1, -0.05) is 0 Å². The molecule has 0 aromatic heterocycles. The van der Waals surface area contributed by atoms with Gasteiger partial charge in [-0.05, 0) is 45.2 Å². The number of hydrogen-bond acceptors (Lipinski definition) is 5. The topological polar surface area (TPSA) is 142 Å². The quantitative estimate of drug-likeness (QED) is 0.400. The number of carbonyl (C=O) groups excluding carboxylic acids is 1. The molecule has 0 aliphatic carbocycles. The van der Waals surface area contributed by atoms with Gasteiger partial charge in [-0.25, -0.2) is 4.79 Å². The van der Waals surface area contributed by atoms with E-state index in [1.165, 1.54) is 0 Å². The second kappa shape index (κ2) is 11.0. The van der Waals surface area contributed by atoms with E-state index in [1.807, 2.05) is 0 Å². The molecule has 8 heteroatoms. The van der Waals surface area contributed by atoms with Crippen molar-refractivity contribution in [3.63, 3.8) is 0 Å². The van der Waals surface area contributed by atoms with Crippen LogP contribution in [0.1, 0.15) is 39.0 Å². The summed E-state index contributed by atoms with van der Waals surface area (Å²) >= 11 is 0. The maximum atomic E-state index is 11.7. The molecule has 1 aliphatic heterocycles. The number of nitrogens with two attached hydrogens (primary N) is 1. The number of nitrogens with one attached hydrogen (secondary N) is 2. The molecule has 0 bridgehead atoms. The summed E-state index contributed by atoms with van der Waals surface area (Å²) in [5.74, 6) is -2.02. The van der Waals surface area contributed by atoms with Gasteiger partial charge in [-0.3, -0.25) is 9.59 Å². The van der Waals surface area contributed by atoms with Gasteiger partial charge in [0.2, 0.25) is 5.91 Å². The highest BCUT2D eigenvalue weighted by molar-refractivity contribution is 5.87. The largest absolute Gasteiger partial charge is 0.481 e. The number of carboxylic acid groups (broad SMARTS) is 2. The van der Waals surface area contributed by atoms with E-state index in [1.54, 1.807) is 0 Å². The lowest BCUT2D eigenvalue weighted by Gasteiger charge is -2.17. The zero-order valence-corrected chi connectivity index (χ0v) is 12.3. The zero-order valence-electron chi connectivity index (χ0n) is 12.3. The molecule has 1 saturated heterocycles. The summed E-state index contributed by atoms with van der Waals surface area (Å²) in [5.41, 5.74) is 5.35. The van der Waals surface area contributed by atoms with Gasteiger partial charge < -0.3 is 26.6 Å². The van der Waals surface area contributed by atoms with Crippen LogP contribution in [0.25, 0.3) is 0 Å². The number of carbonyl (C=O) groups is 3. The number of unbranched alkanes of at least 4 members (excludes halogenated alkanes) is 1. The first-order chi connectivity index (χ1) is 9.88. The van der Waals surface area contributed by atoms with Gasteiger partial charge >= 0.3 is 5.97 Å². The molecule has 6 N–H and O–H groups in total. The van der Waals surface area contributed by atoms with Gasteiger partial charge in [0.25, 0.3) is 5.97 Å². The fourth-order valence-corrected chi connectivity index (χ4v) is 1.93. The first-order valence-corrected chi connectivity index (χ1v) is 7.04. The number of hydrogen-bond donors (Lipinski definition) is 5. The molecule has 1 amide bonds. The van der Waals surface area contributed by atoms with Gasteiger partial charge in [0, 0.05) is 6.92 Å². The van der Waals surface area contributed by atoms with Crippen molar-refractivity contribution in [3.8, 4) is 0 Å². The molecule has 0 aromatic carbocycles. The molecule has 0 aromatic rings. The highest BCUT2D eigenvalue weighted by Crippen LogP contribution is 2.07. The van der Waals surface area contributed by atoms with E-state index in [0.29, 0.717) is 19.4 Å². The molecule has 1 heterocycles. The van der Waals surface area contributed by atoms with Crippen molar-refractivity contribution in [1.82, 2.24) is 10.6 Å². The Morgan fingerprint density at radius 3 is 2.38 bits per heavy atom. The molecular formula is C13H25N3O5. The van der Waals surface area contributed by atoms with E-state index in [2.05, 4.69) is 10.6 Å². The predicted molar refractivity (Wildman–Crippen MR) is 76.8 cm³/mol. The van der Waals surface area contributed by atoms with Crippen LogP contribution >= 0.6 is 0 Å². The number of carboxylic acids is 2. The van der Waals surface area contributed by atoms with Crippen LogP contribution in [0.15, 0.2) is 0 Å². The average Bonchev–Trinajstić information content (AvgIpc) is 2.90. The number of aliphatic carboxylic acids is 2. The summed E-state index contributed by atoms with van der Waals surface area (Å²) in [6, 6.07) is -1.03. The molecule has 0 spiro atoms. The van der Waals surface area contributed by atoms with Gasteiger partial charge in [-0.2, -0.15) is 0 Å². The van der Waals surface area contributed by atoms with Crippen molar-refractivity contribution >= 4 is 17.8 Å². The summed E-state index contributed by atoms with van der Waals surface area (Å²) in [4.78, 5) is 31.7. The summed E-state index contributed by atoms with van der Waals surface area (Å²) in [7, 11) is 0. The molecular weight excluding hydrogens is 278 g/mol. The number of rotatable bonds is 7. The minimum absolute atomic E-state index is 0.206. The van der Waals surface area contributed by atoms with Gasteiger partial charge in [0.05, 0.1) is 6.04 Å². The third kappa shape index (κ3) is 9.80. The maximum absolute atomic E-state index is 11.7. The maximum Gasteiger partial charge on any atom is 0.326 e. The van der Waals surface area contributed by atoms with Crippen LogP contribution in [0.4, 0.5) is 0 Å². The highest BCUT2D eigenvalue weighted by atomic mass is 16.4. The number of amides is 1. The Morgan fingerprint density at radius 2 is 1.95 bits per heavy atom. The Kier molecular flexibility index (Phi) is 10.2. The lowest BCUT2D eigenvalue weighted by atomic mass is 10.1. The zero-order chi connectivity index (χ0) is 16.3. The highest BCUT2D eigenvalue weighted by Gasteiger charge is 2.26. The lowest BCUT2D eigenvalue weighted by molar-refractivity contribution is -0.142. The Morgan fingerprint density at radius 1 is 1.33 bits per heavy atom. The molecule has 122 valence electrons. The first kappa shape index (κ1) is 19.3. The standard InChI is InChI=1S/C11H21N3O3.C2H4O2/c12-6-2-1-4-9(11(16)17)14-10(15)8-5-3-7-13-8;1-2(3)4/h8-9,13H,1-7,12H2,(H,14,15)(H,16,17);1H3,(H,3,4)/t8-,9-;/m0./s1. The molecule has 0 radical (unpaired) electrons. The van der Waals surface area contributed by atoms with Gasteiger partial charge in [0.15, 0.2) is 0 Å². The minimum Gasteiger partial charge on any atom is -0.481 e. The summed E-state index contributed by atoms with van der Waals surface area (Å²) in [6.45, 7) is 2.45. The van der Waals surface area contributed by atoms with E-state index >= 15 is 0 Å². The molecule has 2 atom stereocenters. The smallest absolute Gasteiger partial charge is 0.326 e. The van der Waals surface area contributed by atoms with Crippen molar-refractivity contribution in [3.05, 3.63) is 0 Å². The monoisotopic (exact) mass is 303 g/mol. The summed E-state index contributed by atoms with van der Waals surface area (Å²) in [6.07, 6.45) is 3.67. The van der Waals surface area contributed by atoms with Crippen LogP contribution in [0.2, 0.25) is 0 Å². The van der Waals surface area contributed by atoms with Crippen LogP contribution in [-0.4, -0.2) is 53.2 Å². The van der Waals surface area contributed by atoms with E-state index in [4.69, 9.17) is 20.7 Å². The molecule has 0 saturated carbocycles. The van der Waals surface area contributed by atoms with E-state index < -0.39 is 18.0 Å². The third-order valence-electron chi connectivity index (χ3n) is 2.94. The van der Waals surface area contributed by atoms with Gasteiger partial charge in [-0.15, -0.1) is 0 Å². The molecule has 0 unspecified atom stereocenters. The Balaban J connectivity index is 0.000000885. The Labute approximate surface area is 124 Å². The van der Waals surface area contributed by atoms with Crippen LogP contribution in [-0.2, 0) is 14.4 Å². The van der Waals surface area contributed by atoms with E-state index in [0.717, 1.165) is 32.7 Å². The van der Waals surface area contributed by atoms with Gasteiger partial charge in [0.1, 0.15) is 6.04 Å². The SMILES string of the molecule is CC(=O)O.NCCCC[C@H](NC(=O)[C@@H]1CCCN1)C(=O)O. The molecule has 1 fully saturated rings. The molecule has 8 nitrogen and oxygen atoms in total. The van der Waals surface area contributed by atoms with Crippen molar-refractivity contribution in [2.75, 3.05) is 13.1 Å². The third-order valence-corrected chi connectivity index (χ3v) is 2.94. The summed E-state index contributed by atoms with van der Waals surface area (Å²) < 4.78 is 0. The molecule has 1 rings (SSSR count). The Bertz CT molecular complexity index is 339. The van der Waals surface area contributed by atoms with Crippen molar-refractivity contribution in [2.24, 2.45) is 5.73 Å². The predicted octanol–water partition coefficient (Wildman–Crippen LogP) is -0.472. The first-order valence-electron chi connectivity index (χ1n) is 7.04. The fraction of sp³-hybridized carbons (Fsp3) is 0.769. The van der Waals surface area contributed by atoms with E-state index in [-0.39, 0.29) is 11.9 Å². The van der Waals surface area contributed by atoms with Crippen molar-refractivity contribution in [2.45, 2.75) is 51.1 Å². The normalized spacial score (nSPS) is 18.3. The fourth-order valence-electron chi connectivity index (χ4n) is 1.93. The van der Waals surface area contributed by atoms with Crippen molar-refractivity contribution < 1.29 is 24.6 Å². The van der Waals surface area contributed by atoms with Crippen LogP contribution in [0.5, 0.6) is 0 Å². The lowest BCUT2D eigenvalue weighted by Crippen LogP contribution is -2.48. The second-order valence-corrected chi connectivity index (χ2v) is 4.85. The van der Waals surface area contributed by atoms with Crippen LogP contribution in [0.3, 0.4) is 0 Å². The molecule has 1 aliphatic rings. The average molecular weight is 303 g/mol. The van der Waals surface area contributed by atoms with Crippen LogP contribution < -0.4 is 16.4 Å².